The van der Waals surface area contributed by atoms with Crippen LogP contribution in [0.1, 0.15) is 18.4 Å². The predicted octanol–water partition coefficient (Wildman–Crippen LogP) is 0.140. The third-order valence-corrected chi connectivity index (χ3v) is 4.87. The highest BCUT2D eigenvalue weighted by Crippen LogP contribution is 2.30. The first-order valence-electron chi connectivity index (χ1n) is 8.60. The lowest BCUT2D eigenvalue weighted by Gasteiger charge is -2.26. The van der Waals surface area contributed by atoms with Gasteiger partial charge in [0.15, 0.2) is 0 Å². The van der Waals surface area contributed by atoms with Crippen LogP contribution >= 0.6 is 0 Å². The van der Waals surface area contributed by atoms with E-state index in [0.717, 1.165) is 17.1 Å². The summed E-state index contributed by atoms with van der Waals surface area (Å²) in [5.74, 6) is 1.81. The zero-order valence-corrected chi connectivity index (χ0v) is 13.7. The molecule has 1 aliphatic carbocycles. The molecule has 3 heterocycles. The summed E-state index contributed by atoms with van der Waals surface area (Å²) in [5, 5.41) is 7.31. The fourth-order valence-electron chi connectivity index (χ4n) is 3.39. The number of nitrogens with one attached hydrogen (secondary N) is 1. The minimum absolute atomic E-state index is 0.0615. The highest BCUT2D eigenvalue weighted by Gasteiger charge is 2.34. The van der Waals surface area contributed by atoms with Gasteiger partial charge in [0.2, 0.25) is 11.9 Å². The summed E-state index contributed by atoms with van der Waals surface area (Å²) in [6, 6.07) is 7.67. The number of rotatable bonds is 4. The van der Waals surface area contributed by atoms with Crippen LogP contribution in [0.25, 0.3) is 5.69 Å². The van der Waals surface area contributed by atoms with E-state index in [4.69, 9.17) is 0 Å². The Labute approximate surface area is 143 Å². The average Bonchev–Trinajstić information content (AvgIpc) is 3.22. The second-order valence-corrected chi connectivity index (χ2v) is 6.70. The first-order chi connectivity index (χ1) is 12.2. The Balaban J connectivity index is 1.52. The molecule has 0 spiro atoms. The number of nitrogens with zero attached hydrogens (tertiary/aromatic N) is 5. The second kappa shape index (κ2) is 5.30. The summed E-state index contributed by atoms with van der Waals surface area (Å²) in [4.78, 5) is 31.5. The summed E-state index contributed by atoms with van der Waals surface area (Å²) in [7, 11) is 0. The van der Waals surface area contributed by atoms with E-state index in [1.807, 2.05) is 29.2 Å². The molecule has 1 N–H and O–H groups in total. The zero-order chi connectivity index (χ0) is 17.0. The Kier molecular flexibility index (Phi) is 3.06. The van der Waals surface area contributed by atoms with E-state index < -0.39 is 0 Å². The van der Waals surface area contributed by atoms with Gasteiger partial charge in [-0.1, -0.05) is 12.1 Å². The highest BCUT2D eigenvalue weighted by molar-refractivity contribution is 6.14. The number of anilines is 1. The summed E-state index contributed by atoms with van der Waals surface area (Å²) < 4.78 is 2.82. The van der Waals surface area contributed by atoms with Crippen molar-refractivity contribution in [2.24, 2.45) is 10.9 Å². The quantitative estimate of drug-likeness (QED) is 0.859. The Morgan fingerprint density at radius 2 is 2.12 bits per heavy atom. The molecule has 0 bridgehead atoms. The molecule has 1 aromatic carbocycles. The van der Waals surface area contributed by atoms with E-state index in [-0.39, 0.29) is 18.1 Å². The standard InChI is InChI=1S/C17H18N6O2/c24-14(19-9-11-5-6-11)10-22-17(25)23-13-4-2-1-3-12(13)15-18-7-8-21(15)16(23)20-22/h1-4,11H,5-10H2,(H,19,24). The van der Waals surface area contributed by atoms with Crippen molar-refractivity contribution in [2.75, 3.05) is 24.5 Å². The Morgan fingerprint density at radius 3 is 2.96 bits per heavy atom. The number of aliphatic imine (C=N–C) groups is 1. The van der Waals surface area contributed by atoms with Crippen LogP contribution in [-0.2, 0) is 11.3 Å². The third kappa shape index (κ3) is 2.28. The lowest BCUT2D eigenvalue weighted by atomic mass is 10.1. The fourth-order valence-corrected chi connectivity index (χ4v) is 3.39. The molecule has 2 aromatic rings. The van der Waals surface area contributed by atoms with Gasteiger partial charge in [0.1, 0.15) is 12.4 Å². The number of amides is 1. The fraction of sp³-hybridized carbons (Fsp3) is 0.412. The number of benzene rings is 1. The van der Waals surface area contributed by atoms with Crippen molar-refractivity contribution in [1.82, 2.24) is 19.7 Å². The minimum atomic E-state index is -0.296. The van der Waals surface area contributed by atoms with Gasteiger partial charge in [-0.05, 0) is 30.9 Å². The van der Waals surface area contributed by atoms with Gasteiger partial charge in [-0.3, -0.25) is 14.7 Å². The molecule has 8 nitrogen and oxygen atoms in total. The number of para-hydroxylation sites is 1. The lowest BCUT2D eigenvalue weighted by molar-refractivity contribution is -0.121. The maximum absolute atomic E-state index is 12.9. The van der Waals surface area contributed by atoms with Crippen molar-refractivity contribution in [2.45, 2.75) is 19.4 Å². The average molecular weight is 338 g/mol. The van der Waals surface area contributed by atoms with Crippen LogP contribution in [0.15, 0.2) is 34.1 Å². The molecule has 0 atom stereocenters. The van der Waals surface area contributed by atoms with E-state index in [1.165, 1.54) is 17.5 Å². The van der Waals surface area contributed by atoms with E-state index in [2.05, 4.69) is 15.4 Å². The number of carbonyl (C=O) groups is 1. The van der Waals surface area contributed by atoms with E-state index in [0.29, 0.717) is 31.5 Å². The molecule has 1 saturated carbocycles. The molecule has 1 amide bonds. The molecule has 1 aromatic heterocycles. The van der Waals surface area contributed by atoms with Crippen molar-refractivity contribution in [3.63, 3.8) is 0 Å². The van der Waals surface area contributed by atoms with Gasteiger partial charge in [0, 0.05) is 18.7 Å². The third-order valence-electron chi connectivity index (χ3n) is 4.87. The number of hydrogen-bond acceptors (Lipinski definition) is 5. The van der Waals surface area contributed by atoms with Crippen molar-refractivity contribution in [1.29, 1.82) is 0 Å². The van der Waals surface area contributed by atoms with Crippen LogP contribution in [0, 0.1) is 5.92 Å². The Hall–Kier alpha value is -2.90. The molecule has 0 radical (unpaired) electrons. The molecule has 0 unspecified atom stereocenters. The topological polar surface area (TPSA) is 84.5 Å². The van der Waals surface area contributed by atoms with Gasteiger partial charge in [0.05, 0.1) is 12.2 Å². The summed E-state index contributed by atoms with van der Waals surface area (Å²) >= 11 is 0. The second-order valence-electron chi connectivity index (χ2n) is 6.70. The largest absolute Gasteiger partial charge is 0.354 e. The number of fused-ring (bicyclic) bond motifs is 6. The predicted molar refractivity (Wildman–Crippen MR) is 92.3 cm³/mol. The van der Waals surface area contributed by atoms with Gasteiger partial charge in [-0.15, -0.1) is 5.10 Å². The highest BCUT2D eigenvalue weighted by atomic mass is 16.2. The van der Waals surface area contributed by atoms with Gasteiger partial charge in [-0.2, -0.15) is 0 Å². The molecule has 1 fully saturated rings. The van der Waals surface area contributed by atoms with Gasteiger partial charge >= 0.3 is 5.69 Å². The monoisotopic (exact) mass is 338 g/mol. The lowest BCUT2D eigenvalue weighted by Crippen LogP contribution is -2.38. The Morgan fingerprint density at radius 1 is 1.28 bits per heavy atom. The van der Waals surface area contributed by atoms with E-state index >= 15 is 0 Å². The van der Waals surface area contributed by atoms with Gasteiger partial charge in [-0.25, -0.2) is 14.0 Å². The van der Waals surface area contributed by atoms with Crippen LogP contribution in [0.2, 0.25) is 0 Å². The molecular formula is C17H18N6O2. The summed E-state index contributed by atoms with van der Waals surface area (Å²) in [6.45, 7) is 1.99. The molecule has 2 aliphatic heterocycles. The van der Waals surface area contributed by atoms with Crippen molar-refractivity contribution in [3.8, 4) is 5.69 Å². The SMILES string of the molecule is O=C(Cn1nc2n(c1=O)-c1ccccc1C1=NCCN12)NCC1CC1. The number of amidine groups is 1. The molecule has 8 heteroatoms. The number of aromatic nitrogens is 3. The smallest absolute Gasteiger partial charge is 0.352 e. The number of carbonyl (C=O) groups excluding carboxylic acids is 1. The van der Waals surface area contributed by atoms with Crippen LogP contribution < -0.4 is 15.9 Å². The van der Waals surface area contributed by atoms with Crippen molar-refractivity contribution in [3.05, 3.63) is 40.3 Å². The maximum atomic E-state index is 12.9. The maximum Gasteiger partial charge on any atom is 0.352 e. The normalized spacial score (nSPS) is 17.6. The van der Waals surface area contributed by atoms with Gasteiger partial charge < -0.3 is 5.32 Å². The molecule has 5 rings (SSSR count). The first kappa shape index (κ1) is 14.4. The molecule has 0 saturated heterocycles. The summed E-state index contributed by atoms with van der Waals surface area (Å²) in [6.07, 6.45) is 2.35. The van der Waals surface area contributed by atoms with E-state index in [1.54, 1.807) is 4.57 Å². The van der Waals surface area contributed by atoms with Crippen LogP contribution in [-0.4, -0.2) is 45.7 Å². The van der Waals surface area contributed by atoms with E-state index in [9.17, 15) is 9.59 Å². The molecular weight excluding hydrogens is 320 g/mol. The van der Waals surface area contributed by atoms with Crippen molar-refractivity contribution >= 4 is 17.7 Å². The number of hydrogen-bond donors (Lipinski definition) is 1. The van der Waals surface area contributed by atoms with Gasteiger partial charge in [0.25, 0.3) is 0 Å². The molecule has 25 heavy (non-hydrogen) atoms. The van der Waals surface area contributed by atoms with Crippen LogP contribution in [0.3, 0.4) is 0 Å². The Bertz CT molecular complexity index is 952. The first-order valence-corrected chi connectivity index (χ1v) is 8.60. The summed E-state index contributed by atoms with van der Waals surface area (Å²) in [5.41, 5.74) is 1.39. The minimum Gasteiger partial charge on any atom is -0.354 e. The molecule has 3 aliphatic rings. The zero-order valence-electron chi connectivity index (χ0n) is 13.7. The van der Waals surface area contributed by atoms with Crippen LogP contribution in [0.5, 0.6) is 0 Å². The van der Waals surface area contributed by atoms with Crippen molar-refractivity contribution < 1.29 is 4.79 Å². The van der Waals surface area contributed by atoms with Crippen LogP contribution in [0.4, 0.5) is 5.95 Å². The molecule has 128 valence electrons.